The molecular formula is C25H23ClN4O2S. The Kier molecular flexibility index (Phi) is 5.91. The lowest BCUT2D eigenvalue weighted by atomic mass is 10.2. The van der Waals surface area contributed by atoms with Crippen molar-refractivity contribution in [3.05, 3.63) is 87.4 Å². The van der Waals surface area contributed by atoms with Crippen LogP contribution in [-0.2, 0) is 6.54 Å². The summed E-state index contributed by atoms with van der Waals surface area (Å²) < 4.78 is 1.92. The normalized spacial score (nSPS) is 14.1. The van der Waals surface area contributed by atoms with Gasteiger partial charge in [0.1, 0.15) is 4.83 Å². The number of halogens is 1. The van der Waals surface area contributed by atoms with Gasteiger partial charge in [-0.05, 0) is 36.8 Å². The molecule has 0 atom stereocenters. The first kappa shape index (κ1) is 21.7. The minimum Gasteiger partial charge on any atom is -0.335 e. The summed E-state index contributed by atoms with van der Waals surface area (Å²) in [7, 11) is 0. The number of hydrogen-bond donors (Lipinski definition) is 0. The summed E-state index contributed by atoms with van der Waals surface area (Å²) >= 11 is 7.80. The SMILES string of the molecule is Cc1nn(Cc2ccccc2Cl)c2sc(C(=O)N3CCN(C(=O)c4ccccc4)CC3)cc12. The number of aryl methyl sites for hydroxylation is 1. The molecule has 1 fully saturated rings. The lowest BCUT2D eigenvalue weighted by molar-refractivity contribution is 0.0538. The number of piperazine rings is 1. The molecule has 0 radical (unpaired) electrons. The molecule has 0 saturated carbocycles. The molecule has 2 aromatic carbocycles. The van der Waals surface area contributed by atoms with Crippen LogP contribution in [0.1, 0.15) is 31.3 Å². The highest BCUT2D eigenvalue weighted by atomic mass is 35.5. The average molecular weight is 479 g/mol. The maximum absolute atomic E-state index is 13.2. The van der Waals surface area contributed by atoms with Crippen LogP contribution in [0, 0.1) is 6.92 Å². The molecule has 168 valence electrons. The number of nitrogens with zero attached hydrogens (tertiary/aromatic N) is 4. The monoisotopic (exact) mass is 478 g/mol. The third kappa shape index (κ3) is 4.26. The van der Waals surface area contributed by atoms with Crippen LogP contribution in [0.15, 0.2) is 60.7 Å². The summed E-state index contributed by atoms with van der Waals surface area (Å²) in [6.45, 7) is 4.62. The number of hydrogen-bond acceptors (Lipinski definition) is 4. The Balaban J connectivity index is 1.30. The number of benzene rings is 2. The van der Waals surface area contributed by atoms with Crippen LogP contribution >= 0.6 is 22.9 Å². The van der Waals surface area contributed by atoms with Crippen molar-refractivity contribution in [1.82, 2.24) is 19.6 Å². The van der Waals surface area contributed by atoms with Crippen LogP contribution in [0.2, 0.25) is 5.02 Å². The van der Waals surface area contributed by atoms with Gasteiger partial charge in [-0.15, -0.1) is 11.3 Å². The molecule has 6 nitrogen and oxygen atoms in total. The fraction of sp³-hybridized carbons (Fsp3) is 0.240. The van der Waals surface area contributed by atoms with Gasteiger partial charge in [-0.25, -0.2) is 0 Å². The topological polar surface area (TPSA) is 58.4 Å². The predicted octanol–water partition coefficient (Wildman–Crippen LogP) is 4.71. The van der Waals surface area contributed by atoms with Gasteiger partial charge in [0.25, 0.3) is 11.8 Å². The molecule has 2 amide bonds. The molecule has 1 saturated heterocycles. The van der Waals surface area contributed by atoms with Gasteiger partial charge >= 0.3 is 0 Å². The van der Waals surface area contributed by atoms with Crippen molar-refractivity contribution in [1.29, 1.82) is 0 Å². The first-order valence-electron chi connectivity index (χ1n) is 10.8. The fourth-order valence-electron chi connectivity index (χ4n) is 4.14. The largest absolute Gasteiger partial charge is 0.335 e. The van der Waals surface area contributed by atoms with Gasteiger partial charge in [-0.2, -0.15) is 5.10 Å². The van der Waals surface area contributed by atoms with Crippen LogP contribution in [0.4, 0.5) is 0 Å². The minimum absolute atomic E-state index is 0.00621. The minimum atomic E-state index is 0.00621. The van der Waals surface area contributed by atoms with Crippen molar-refractivity contribution >= 4 is 45.0 Å². The van der Waals surface area contributed by atoms with Gasteiger partial charge < -0.3 is 9.80 Å². The van der Waals surface area contributed by atoms with Gasteiger partial charge in [0.15, 0.2) is 0 Å². The summed E-state index contributed by atoms with van der Waals surface area (Å²) in [6.07, 6.45) is 0. The zero-order valence-corrected chi connectivity index (χ0v) is 19.8. The highest BCUT2D eigenvalue weighted by Crippen LogP contribution is 2.30. The highest BCUT2D eigenvalue weighted by molar-refractivity contribution is 7.20. The van der Waals surface area contributed by atoms with Crippen molar-refractivity contribution in [3.8, 4) is 0 Å². The van der Waals surface area contributed by atoms with Crippen LogP contribution in [-0.4, -0.2) is 57.6 Å². The van der Waals surface area contributed by atoms with Crippen molar-refractivity contribution < 1.29 is 9.59 Å². The first-order valence-corrected chi connectivity index (χ1v) is 12.0. The van der Waals surface area contributed by atoms with Gasteiger partial charge in [0, 0.05) is 42.2 Å². The van der Waals surface area contributed by atoms with Crippen LogP contribution in [0.3, 0.4) is 0 Å². The summed E-state index contributed by atoms with van der Waals surface area (Å²) in [6, 6.07) is 18.9. The zero-order valence-electron chi connectivity index (χ0n) is 18.2. The van der Waals surface area contributed by atoms with E-state index in [1.54, 1.807) is 0 Å². The molecule has 0 unspecified atom stereocenters. The van der Waals surface area contributed by atoms with Crippen LogP contribution < -0.4 is 0 Å². The molecule has 8 heteroatoms. The van der Waals surface area contributed by atoms with E-state index in [1.165, 1.54) is 11.3 Å². The second kappa shape index (κ2) is 9.00. The lowest BCUT2D eigenvalue weighted by Crippen LogP contribution is -2.50. The van der Waals surface area contributed by atoms with Gasteiger partial charge in [-0.1, -0.05) is 48.0 Å². The van der Waals surface area contributed by atoms with E-state index in [1.807, 2.05) is 82.1 Å². The molecule has 0 bridgehead atoms. The molecule has 2 aromatic heterocycles. The number of thiophene rings is 1. The second-order valence-electron chi connectivity index (χ2n) is 8.11. The average Bonchev–Trinajstić information content (AvgIpc) is 3.41. The predicted molar refractivity (Wildman–Crippen MR) is 131 cm³/mol. The van der Waals surface area contributed by atoms with Gasteiger partial charge in [-0.3, -0.25) is 14.3 Å². The Hall–Kier alpha value is -3.16. The van der Waals surface area contributed by atoms with Gasteiger partial charge in [0.05, 0.1) is 17.1 Å². The van der Waals surface area contributed by atoms with E-state index >= 15 is 0 Å². The molecule has 4 aromatic rings. The molecule has 33 heavy (non-hydrogen) atoms. The molecular weight excluding hydrogens is 456 g/mol. The quantitative estimate of drug-likeness (QED) is 0.427. The Morgan fingerprint density at radius 1 is 0.939 bits per heavy atom. The zero-order chi connectivity index (χ0) is 22.9. The van der Waals surface area contributed by atoms with Crippen molar-refractivity contribution in [2.45, 2.75) is 13.5 Å². The van der Waals surface area contributed by atoms with E-state index in [4.69, 9.17) is 11.6 Å². The van der Waals surface area contributed by atoms with Crippen LogP contribution in [0.25, 0.3) is 10.2 Å². The van der Waals surface area contributed by atoms with E-state index in [-0.39, 0.29) is 11.8 Å². The first-order chi connectivity index (χ1) is 16.0. The summed E-state index contributed by atoms with van der Waals surface area (Å²) in [5.41, 5.74) is 2.56. The van der Waals surface area contributed by atoms with Crippen molar-refractivity contribution in [2.75, 3.05) is 26.2 Å². The Morgan fingerprint density at radius 2 is 1.58 bits per heavy atom. The second-order valence-corrected chi connectivity index (χ2v) is 9.55. The molecule has 5 rings (SSSR count). The third-order valence-electron chi connectivity index (χ3n) is 5.97. The number of amides is 2. The van der Waals surface area contributed by atoms with E-state index in [2.05, 4.69) is 5.10 Å². The van der Waals surface area contributed by atoms with E-state index in [0.29, 0.717) is 48.2 Å². The number of carbonyl (C=O) groups is 2. The maximum Gasteiger partial charge on any atom is 0.264 e. The number of rotatable bonds is 4. The number of aromatic nitrogens is 2. The lowest BCUT2D eigenvalue weighted by Gasteiger charge is -2.34. The Labute approximate surface area is 201 Å². The smallest absolute Gasteiger partial charge is 0.264 e. The Bertz CT molecular complexity index is 1320. The number of carbonyl (C=O) groups excluding carboxylic acids is 2. The molecule has 0 spiro atoms. The number of fused-ring (bicyclic) bond motifs is 1. The van der Waals surface area contributed by atoms with Gasteiger partial charge in [0.2, 0.25) is 0 Å². The van der Waals surface area contributed by atoms with Crippen LogP contribution in [0.5, 0.6) is 0 Å². The Morgan fingerprint density at radius 3 is 2.27 bits per heavy atom. The maximum atomic E-state index is 13.2. The third-order valence-corrected chi connectivity index (χ3v) is 7.48. The van der Waals surface area contributed by atoms with Crippen molar-refractivity contribution in [2.24, 2.45) is 0 Å². The fourth-order valence-corrected chi connectivity index (χ4v) is 5.47. The summed E-state index contributed by atoms with van der Waals surface area (Å²) in [5, 5.41) is 6.35. The standard InChI is InChI=1S/C25H23ClN4O2S/c1-17-20-15-22(33-25(20)30(27-17)16-19-9-5-6-10-21(19)26)24(32)29-13-11-28(12-14-29)23(31)18-7-3-2-4-8-18/h2-10,15H,11-14,16H2,1H3. The summed E-state index contributed by atoms with van der Waals surface area (Å²) in [4.78, 5) is 31.2. The van der Waals surface area contributed by atoms with Crippen molar-refractivity contribution in [3.63, 3.8) is 0 Å². The van der Waals surface area contributed by atoms with E-state index < -0.39 is 0 Å². The van der Waals surface area contributed by atoms with E-state index in [0.717, 1.165) is 21.5 Å². The molecule has 0 N–H and O–H groups in total. The molecule has 1 aliphatic heterocycles. The van der Waals surface area contributed by atoms with E-state index in [9.17, 15) is 9.59 Å². The summed E-state index contributed by atoms with van der Waals surface area (Å²) in [5.74, 6) is 0.0200. The molecule has 3 heterocycles. The highest BCUT2D eigenvalue weighted by Gasteiger charge is 2.27. The molecule has 0 aliphatic carbocycles. The molecule has 1 aliphatic rings.